The van der Waals surface area contributed by atoms with Crippen LogP contribution in [0.4, 0.5) is 4.39 Å². The normalized spacial score (nSPS) is 9.13. The fourth-order valence-electron chi connectivity index (χ4n) is 1.34. The van der Waals surface area contributed by atoms with Gasteiger partial charge in [0.05, 0.1) is 5.82 Å². The summed E-state index contributed by atoms with van der Waals surface area (Å²) in [4.78, 5) is 0. The molecule has 0 aliphatic rings. The Morgan fingerprint density at radius 2 is 1.47 bits per heavy atom. The van der Waals surface area contributed by atoms with Crippen molar-refractivity contribution in [2.75, 3.05) is 0 Å². The SMILES string of the molecule is Fc1cccc([CH-]c2ccccc2)c1.[K+]. The van der Waals surface area contributed by atoms with E-state index in [1.165, 1.54) is 12.1 Å². The maximum atomic E-state index is 12.8. The van der Waals surface area contributed by atoms with Crippen molar-refractivity contribution in [2.45, 2.75) is 0 Å². The first-order chi connectivity index (χ1) is 6.84. The predicted octanol–water partition coefficient (Wildman–Crippen LogP) is 0.430. The van der Waals surface area contributed by atoms with Gasteiger partial charge in [-0.1, -0.05) is 30.3 Å². The van der Waals surface area contributed by atoms with Gasteiger partial charge in [-0.3, -0.25) is 0 Å². The Bertz CT molecular complexity index is 412. The van der Waals surface area contributed by atoms with Crippen LogP contribution in [-0.4, -0.2) is 0 Å². The molecule has 0 bridgehead atoms. The second kappa shape index (κ2) is 6.46. The van der Waals surface area contributed by atoms with Crippen molar-refractivity contribution in [1.29, 1.82) is 0 Å². The zero-order valence-electron chi connectivity index (χ0n) is 8.65. The Balaban J connectivity index is 0.00000112. The molecular formula is C13H10FK. The van der Waals surface area contributed by atoms with E-state index in [0.717, 1.165) is 11.1 Å². The van der Waals surface area contributed by atoms with E-state index in [-0.39, 0.29) is 57.2 Å². The van der Waals surface area contributed by atoms with Gasteiger partial charge in [0, 0.05) is 0 Å². The summed E-state index contributed by atoms with van der Waals surface area (Å²) in [5.74, 6) is -0.199. The van der Waals surface area contributed by atoms with E-state index in [1.54, 1.807) is 6.07 Å². The van der Waals surface area contributed by atoms with Crippen LogP contribution in [-0.2, 0) is 0 Å². The molecule has 0 saturated heterocycles. The van der Waals surface area contributed by atoms with E-state index in [4.69, 9.17) is 0 Å². The molecule has 0 saturated carbocycles. The third-order valence-electron chi connectivity index (χ3n) is 1.98. The molecule has 2 rings (SSSR count). The Morgan fingerprint density at radius 1 is 0.800 bits per heavy atom. The van der Waals surface area contributed by atoms with Crippen LogP contribution in [0.25, 0.3) is 0 Å². The van der Waals surface area contributed by atoms with Crippen LogP contribution < -0.4 is 51.4 Å². The predicted molar refractivity (Wildman–Crippen MR) is 55.3 cm³/mol. The number of hydrogen-bond acceptors (Lipinski definition) is 0. The van der Waals surface area contributed by atoms with E-state index >= 15 is 0 Å². The van der Waals surface area contributed by atoms with Crippen LogP contribution in [0.2, 0.25) is 0 Å². The first-order valence-electron chi connectivity index (χ1n) is 4.50. The van der Waals surface area contributed by atoms with Crippen molar-refractivity contribution in [3.8, 4) is 0 Å². The molecule has 0 heterocycles. The summed E-state index contributed by atoms with van der Waals surface area (Å²) in [6.07, 6.45) is 1.95. The summed E-state index contributed by atoms with van der Waals surface area (Å²) < 4.78 is 12.8. The summed E-state index contributed by atoms with van der Waals surface area (Å²) in [5.41, 5.74) is 1.97. The van der Waals surface area contributed by atoms with Crippen molar-refractivity contribution in [3.63, 3.8) is 0 Å². The molecule has 0 N–H and O–H groups in total. The van der Waals surface area contributed by atoms with Crippen LogP contribution in [0.5, 0.6) is 0 Å². The maximum Gasteiger partial charge on any atom is 1.00 e. The molecule has 0 unspecified atom stereocenters. The van der Waals surface area contributed by atoms with Gasteiger partial charge in [-0.2, -0.15) is 0 Å². The molecule has 0 aliphatic carbocycles. The number of benzene rings is 2. The fourth-order valence-corrected chi connectivity index (χ4v) is 1.34. The van der Waals surface area contributed by atoms with Gasteiger partial charge in [0.15, 0.2) is 0 Å². The summed E-state index contributed by atoms with van der Waals surface area (Å²) >= 11 is 0. The number of hydrogen-bond donors (Lipinski definition) is 0. The van der Waals surface area contributed by atoms with E-state index < -0.39 is 0 Å². The third kappa shape index (κ3) is 4.09. The summed E-state index contributed by atoms with van der Waals surface area (Å²) in [5, 5.41) is 0. The van der Waals surface area contributed by atoms with Crippen molar-refractivity contribution in [2.24, 2.45) is 0 Å². The zero-order chi connectivity index (χ0) is 9.80. The van der Waals surface area contributed by atoms with Crippen molar-refractivity contribution in [1.82, 2.24) is 0 Å². The van der Waals surface area contributed by atoms with Gasteiger partial charge in [0.2, 0.25) is 0 Å². The zero-order valence-corrected chi connectivity index (χ0v) is 11.8. The Labute approximate surface area is 132 Å². The number of halogens is 1. The van der Waals surface area contributed by atoms with Gasteiger partial charge < -0.3 is 0 Å². The Hall–Kier alpha value is -0.124. The van der Waals surface area contributed by atoms with Crippen molar-refractivity contribution >= 4 is 0 Å². The molecule has 0 radical (unpaired) electrons. The van der Waals surface area contributed by atoms with E-state index in [0.29, 0.717) is 0 Å². The average molecular weight is 224 g/mol. The summed E-state index contributed by atoms with van der Waals surface area (Å²) in [6.45, 7) is 0. The van der Waals surface area contributed by atoms with Crippen LogP contribution >= 0.6 is 0 Å². The standard InChI is InChI=1S/C13H10F.K/c14-13-8-4-7-12(10-13)9-11-5-2-1-3-6-11;/h1-10H;/q-1;+1. The van der Waals surface area contributed by atoms with Crippen LogP contribution in [0.1, 0.15) is 11.1 Å². The molecular weight excluding hydrogens is 214 g/mol. The molecule has 0 aromatic heterocycles. The van der Waals surface area contributed by atoms with Crippen molar-refractivity contribution < 1.29 is 55.8 Å². The molecule has 0 amide bonds. The first-order valence-corrected chi connectivity index (χ1v) is 4.50. The van der Waals surface area contributed by atoms with Gasteiger partial charge in [0.25, 0.3) is 0 Å². The van der Waals surface area contributed by atoms with Gasteiger partial charge in [-0.05, 0) is 6.07 Å². The molecule has 2 heteroatoms. The minimum atomic E-state index is -0.199. The molecule has 0 spiro atoms. The summed E-state index contributed by atoms with van der Waals surface area (Å²) in [7, 11) is 0. The smallest absolute Gasteiger partial charge is 0.216 e. The van der Waals surface area contributed by atoms with E-state index in [1.807, 2.05) is 42.8 Å². The Kier molecular flexibility index (Phi) is 5.57. The minimum absolute atomic E-state index is 0. The molecule has 2 aromatic rings. The van der Waals surface area contributed by atoms with Crippen molar-refractivity contribution in [3.05, 3.63) is 78.0 Å². The third-order valence-corrected chi connectivity index (χ3v) is 1.98. The average Bonchev–Trinajstić information content (AvgIpc) is 2.19. The molecule has 15 heavy (non-hydrogen) atoms. The monoisotopic (exact) mass is 224 g/mol. The van der Waals surface area contributed by atoms with Crippen LogP contribution in [0.3, 0.4) is 0 Å². The second-order valence-electron chi connectivity index (χ2n) is 3.11. The van der Waals surface area contributed by atoms with Crippen LogP contribution in [0.15, 0.2) is 54.6 Å². The first kappa shape index (κ1) is 12.9. The largest absolute Gasteiger partial charge is 1.00 e. The van der Waals surface area contributed by atoms with Gasteiger partial charge in [-0.15, -0.1) is 35.7 Å². The van der Waals surface area contributed by atoms with Gasteiger partial charge in [0.1, 0.15) is 0 Å². The van der Waals surface area contributed by atoms with E-state index in [2.05, 4.69) is 0 Å². The molecule has 0 fully saturated rings. The molecule has 70 valence electrons. The number of rotatable bonds is 2. The van der Waals surface area contributed by atoms with Gasteiger partial charge >= 0.3 is 51.4 Å². The maximum absolute atomic E-state index is 12.8. The van der Waals surface area contributed by atoms with Crippen LogP contribution in [0, 0.1) is 12.2 Å². The molecule has 0 atom stereocenters. The topological polar surface area (TPSA) is 0 Å². The van der Waals surface area contributed by atoms with Gasteiger partial charge in [-0.25, -0.2) is 4.39 Å². The molecule has 0 nitrogen and oxygen atoms in total. The molecule has 2 aromatic carbocycles. The Morgan fingerprint density at radius 3 is 2.13 bits per heavy atom. The minimum Gasteiger partial charge on any atom is -0.216 e. The second-order valence-corrected chi connectivity index (χ2v) is 3.11. The van der Waals surface area contributed by atoms with E-state index in [9.17, 15) is 4.39 Å². The molecule has 0 aliphatic heterocycles. The summed E-state index contributed by atoms with van der Waals surface area (Å²) in [6, 6.07) is 16.4. The fraction of sp³-hybridized carbons (Fsp3) is 0. The quantitative estimate of drug-likeness (QED) is 0.513.